The van der Waals surface area contributed by atoms with Gasteiger partial charge in [-0.1, -0.05) is 0 Å². The normalized spacial score (nSPS) is 16.6. The molecule has 11 heteroatoms. The molecule has 0 amide bonds. The molecule has 1 aromatic carbocycles. The number of likely N-dealkylation sites (N-methyl/N-ethyl adjacent to an activating group) is 1. The first-order valence-electron chi connectivity index (χ1n) is 12.6. The molecule has 4 heterocycles. The van der Waals surface area contributed by atoms with Gasteiger partial charge in [0.25, 0.3) is 0 Å². The summed E-state index contributed by atoms with van der Waals surface area (Å²) in [6.45, 7) is 4.96. The Morgan fingerprint density at radius 3 is 2.63 bits per heavy atom. The standard InChI is InChI=1S/C27H30FN7O3/c1-34-9-11-35(12-10-34)22-4-6-24(31-26(22)36-2)32-27-30-17-21(28)25(33-27)18-3-5-23(19(15-18)16-29)38-20-7-13-37-14-8-20/h3-6,15,17,20H,7-14H2,1-2H3,(H,30,31,32,33). The molecule has 2 aliphatic heterocycles. The molecule has 5 rings (SSSR count). The largest absolute Gasteiger partial charge is 0.489 e. The topological polar surface area (TPSA) is 109 Å². The molecule has 0 spiro atoms. The summed E-state index contributed by atoms with van der Waals surface area (Å²) in [7, 11) is 3.69. The van der Waals surface area contributed by atoms with Crippen LogP contribution in [0.5, 0.6) is 11.6 Å². The van der Waals surface area contributed by atoms with E-state index in [0.29, 0.717) is 41.8 Å². The van der Waals surface area contributed by atoms with Crippen LogP contribution >= 0.6 is 0 Å². The van der Waals surface area contributed by atoms with Crippen LogP contribution in [0.4, 0.5) is 21.8 Å². The van der Waals surface area contributed by atoms with Crippen LogP contribution in [0.3, 0.4) is 0 Å². The number of nitriles is 1. The fourth-order valence-corrected chi connectivity index (χ4v) is 4.53. The average Bonchev–Trinajstić information content (AvgIpc) is 2.95. The molecule has 3 aromatic rings. The lowest BCUT2D eigenvalue weighted by molar-refractivity contribution is 0.0254. The highest BCUT2D eigenvalue weighted by Crippen LogP contribution is 2.31. The van der Waals surface area contributed by atoms with Crippen molar-refractivity contribution >= 4 is 17.5 Å². The number of hydrogen-bond acceptors (Lipinski definition) is 10. The number of pyridine rings is 1. The highest BCUT2D eigenvalue weighted by Gasteiger charge is 2.20. The van der Waals surface area contributed by atoms with Gasteiger partial charge < -0.3 is 29.3 Å². The molecular weight excluding hydrogens is 489 g/mol. The number of rotatable bonds is 7. The number of anilines is 3. The van der Waals surface area contributed by atoms with Crippen LogP contribution in [0.15, 0.2) is 36.5 Å². The van der Waals surface area contributed by atoms with E-state index >= 15 is 0 Å². The molecule has 1 N–H and O–H groups in total. The Hall–Kier alpha value is -4.01. The summed E-state index contributed by atoms with van der Waals surface area (Å²) in [4.78, 5) is 17.5. The van der Waals surface area contributed by atoms with E-state index in [1.807, 2.05) is 12.1 Å². The highest BCUT2D eigenvalue weighted by atomic mass is 19.1. The Bertz CT molecular complexity index is 1320. The van der Waals surface area contributed by atoms with Crippen molar-refractivity contribution in [1.82, 2.24) is 19.9 Å². The van der Waals surface area contributed by atoms with Gasteiger partial charge in [-0.2, -0.15) is 10.2 Å². The minimum atomic E-state index is -0.603. The first kappa shape index (κ1) is 25.6. The van der Waals surface area contributed by atoms with Gasteiger partial charge >= 0.3 is 0 Å². The van der Waals surface area contributed by atoms with E-state index < -0.39 is 5.82 Å². The van der Waals surface area contributed by atoms with Crippen molar-refractivity contribution in [1.29, 1.82) is 5.26 Å². The maximum atomic E-state index is 14.8. The summed E-state index contributed by atoms with van der Waals surface area (Å²) in [5, 5.41) is 12.7. The quantitative estimate of drug-likeness (QED) is 0.497. The lowest BCUT2D eigenvalue weighted by Crippen LogP contribution is -2.44. The van der Waals surface area contributed by atoms with Gasteiger partial charge in [-0.05, 0) is 37.4 Å². The average molecular weight is 520 g/mol. The van der Waals surface area contributed by atoms with Gasteiger partial charge in [-0.15, -0.1) is 0 Å². The minimum Gasteiger partial charge on any atom is -0.489 e. The maximum absolute atomic E-state index is 14.8. The number of methoxy groups -OCH3 is 1. The van der Waals surface area contributed by atoms with Gasteiger partial charge in [-0.3, -0.25) is 0 Å². The number of piperazine rings is 1. The molecule has 0 radical (unpaired) electrons. The zero-order valence-electron chi connectivity index (χ0n) is 21.5. The molecule has 198 valence electrons. The number of nitrogens with one attached hydrogen (secondary N) is 1. The van der Waals surface area contributed by atoms with Gasteiger partial charge in [0.15, 0.2) is 5.82 Å². The van der Waals surface area contributed by atoms with Crippen molar-refractivity contribution in [3.63, 3.8) is 0 Å². The smallest absolute Gasteiger partial charge is 0.239 e. The van der Waals surface area contributed by atoms with E-state index in [0.717, 1.165) is 50.9 Å². The SMILES string of the molecule is COc1nc(Nc2ncc(F)c(-c3ccc(OC4CCOCC4)c(C#N)c3)n2)ccc1N1CCN(C)CC1. The lowest BCUT2D eigenvalue weighted by atomic mass is 10.1. The molecule has 0 bridgehead atoms. The van der Waals surface area contributed by atoms with E-state index in [1.54, 1.807) is 25.3 Å². The minimum absolute atomic E-state index is 0.0135. The Kier molecular flexibility index (Phi) is 7.81. The second-order valence-electron chi connectivity index (χ2n) is 9.28. The summed E-state index contributed by atoms with van der Waals surface area (Å²) in [6, 6.07) is 10.9. The summed E-state index contributed by atoms with van der Waals surface area (Å²) in [5.74, 6) is 0.987. The molecular formula is C27H30FN7O3. The second-order valence-corrected chi connectivity index (χ2v) is 9.28. The Labute approximate surface area is 221 Å². The maximum Gasteiger partial charge on any atom is 0.239 e. The van der Waals surface area contributed by atoms with Gasteiger partial charge in [0.1, 0.15) is 35.1 Å². The van der Waals surface area contributed by atoms with E-state index in [9.17, 15) is 9.65 Å². The Morgan fingerprint density at radius 2 is 1.89 bits per heavy atom. The van der Waals surface area contributed by atoms with Crippen LogP contribution in [-0.2, 0) is 4.74 Å². The number of ether oxygens (including phenoxy) is 3. The van der Waals surface area contributed by atoms with Crippen LogP contribution in [0.1, 0.15) is 18.4 Å². The second kappa shape index (κ2) is 11.6. The molecule has 0 saturated carbocycles. The summed E-state index contributed by atoms with van der Waals surface area (Å²) in [6.07, 6.45) is 2.61. The van der Waals surface area contributed by atoms with Gasteiger partial charge in [-0.25, -0.2) is 14.4 Å². The first-order valence-corrected chi connectivity index (χ1v) is 12.6. The van der Waals surface area contributed by atoms with Crippen LogP contribution in [0, 0.1) is 17.1 Å². The molecule has 2 aliphatic rings. The Morgan fingerprint density at radius 1 is 1.11 bits per heavy atom. The van der Waals surface area contributed by atoms with Crippen molar-refractivity contribution < 1.29 is 18.6 Å². The zero-order valence-corrected chi connectivity index (χ0v) is 21.5. The molecule has 0 aliphatic carbocycles. The molecule has 2 saturated heterocycles. The lowest BCUT2D eigenvalue weighted by Gasteiger charge is -2.34. The number of nitrogens with zero attached hydrogens (tertiary/aromatic N) is 6. The van der Waals surface area contributed by atoms with Crippen molar-refractivity contribution in [2.45, 2.75) is 18.9 Å². The molecule has 2 aromatic heterocycles. The molecule has 0 unspecified atom stereocenters. The molecule has 38 heavy (non-hydrogen) atoms. The number of aromatic nitrogens is 3. The number of hydrogen-bond donors (Lipinski definition) is 1. The van der Waals surface area contributed by atoms with Crippen LogP contribution in [0.2, 0.25) is 0 Å². The van der Waals surface area contributed by atoms with Crippen LogP contribution in [-0.4, -0.2) is 79.5 Å². The molecule has 2 fully saturated rings. The first-order chi connectivity index (χ1) is 18.5. The highest BCUT2D eigenvalue weighted by molar-refractivity contribution is 5.67. The fraction of sp³-hybridized carbons (Fsp3) is 0.407. The van der Waals surface area contributed by atoms with Gasteiger partial charge in [0, 0.05) is 44.6 Å². The third kappa shape index (κ3) is 5.77. The summed E-state index contributed by atoms with van der Waals surface area (Å²) < 4.78 is 31.7. The van der Waals surface area contributed by atoms with Crippen molar-refractivity contribution in [3.05, 3.63) is 47.9 Å². The predicted molar refractivity (Wildman–Crippen MR) is 140 cm³/mol. The Balaban J connectivity index is 1.35. The van der Waals surface area contributed by atoms with Crippen molar-refractivity contribution in [3.8, 4) is 29.0 Å². The monoisotopic (exact) mass is 519 g/mol. The van der Waals surface area contributed by atoms with Gasteiger partial charge in [0.2, 0.25) is 11.8 Å². The molecule has 0 atom stereocenters. The van der Waals surface area contributed by atoms with E-state index in [2.05, 4.69) is 43.2 Å². The third-order valence-electron chi connectivity index (χ3n) is 6.70. The number of benzene rings is 1. The van der Waals surface area contributed by atoms with E-state index in [1.165, 1.54) is 0 Å². The summed E-state index contributed by atoms with van der Waals surface area (Å²) >= 11 is 0. The fourth-order valence-electron chi connectivity index (χ4n) is 4.53. The van der Waals surface area contributed by atoms with E-state index in [4.69, 9.17) is 14.2 Å². The predicted octanol–water partition coefficient (Wildman–Crippen LogP) is 3.61. The van der Waals surface area contributed by atoms with Crippen LogP contribution in [0.25, 0.3) is 11.3 Å². The van der Waals surface area contributed by atoms with Crippen LogP contribution < -0.4 is 19.7 Å². The number of halogens is 1. The van der Waals surface area contributed by atoms with Gasteiger partial charge in [0.05, 0.1) is 32.1 Å². The van der Waals surface area contributed by atoms with Crippen molar-refractivity contribution in [2.75, 3.05) is 63.8 Å². The zero-order chi connectivity index (χ0) is 26.5. The molecule has 10 nitrogen and oxygen atoms in total. The third-order valence-corrected chi connectivity index (χ3v) is 6.70. The summed E-state index contributed by atoms with van der Waals surface area (Å²) in [5.41, 5.74) is 1.74. The van der Waals surface area contributed by atoms with E-state index in [-0.39, 0.29) is 17.7 Å². The van der Waals surface area contributed by atoms with Crippen molar-refractivity contribution in [2.24, 2.45) is 0 Å².